The monoisotopic (exact) mass is 315 g/mol. The summed E-state index contributed by atoms with van der Waals surface area (Å²) in [6, 6.07) is 12.6. The summed E-state index contributed by atoms with van der Waals surface area (Å²) in [6.07, 6.45) is 4.98. The molecule has 0 fully saturated rings. The molecule has 24 heavy (non-hydrogen) atoms. The molecule has 3 aromatic rings. The van der Waals surface area contributed by atoms with Crippen molar-refractivity contribution in [3.05, 3.63) is 71.6 Å². The molecular weight excluding hydrogens is 294 g/mol. The van der Waals surface area contributed by atoms with E-state index < -0.39 is 0 Å². The molecule has 2 heterocycles. The summed E-state index contributed by atoms with van der Waals surface area (Å²) >= 11 is 0. The van der Waals surface area contributed by atoms with Gasteiger partial charge < -0.3 is 0 Å². The number of aryl methyl sites for hydroxylation is 2. The summed E-state index contributed by atoms with van der Waals surface area (Å²) in [4.78, 5) is 4.91. The molecule has 0 amide bonds. The molecule has 0 unspecified atom stereocenters. The molecule has 0 N–H and O–H groups in total. The molecule has 0 radical (unpaired) electrons. The second-order valence-corrected chi connectivity index (χ2v) is 6.36. The summed E-state index contributed by atoms with van der Waals surface area (Å²) in [6.45, 7) is 8.50. The van der Waals surface area contributed by atoms with Crippen molar-refractivity contribution in [3.8, 4) is 17.1 Å². The highest BCUT2D eigenvalue weighted by atomic mass is 15.3. The van der Waals surface area contributed by atoms with Crippen molar-refractivity contribution in [1.82, 2.24) is 14.8 Å². The van der Waals surface area contributed by atoms with Crippen molar-refractivity contribution < 1.29 is 0 Å². The Morgan fingerprint density at radius 2 is 1.96 bits per heavy atom. The minimum atomic E-state index is 0.874. The van der Waals surface area contributed by atoms with Crippen LogP contribution in [0.4, 0.5) is 0 Å². The first-order valence-electron chi connectivity index (χ1n) is 8.50. The molecule has 0 saturated heterocycles. The Kier molecular flexibility index (Phi) is 3.57. The molecule has 0 bridgehead atoms. The molecule has 1 aromatic carbocycles. The predicted octanol–water partition coefficient (Wildman–Crippen LogP) is 4.76. The van der Waals surface area contributed by atoms with Crippen molar-refractivity contribution in [3.63, 3.8) is 0 Å². The first kappa shape index (κ1) is 14.9. The van der Waals surface area contributed by atoms with Gasteiger partial charge in [0.2, 0.25) is 0 Å². The van der Waals surface area contributed by atoms with Crippen LogP contribution in [0.2, 0.25) is 0 Å². The lowest BCUT2D eigenvalue weighted by molar-refractivity contribution is 0.788. The molecule has 0 saturated carbocycles. The lowest BCUT2D eigenvalue weighted by atomic mass is 9.98. The normalized spacial score (nSPS) is 13.3. The van der Waals surface area contributed by atoms with Crippen molar-refractivity contribution >= 4 is 5.57 Å². The first-order valence-corrected chi connectivity index (χ1v) is 8.50. The van der Waals surface area contributed by atoms with Crippen LogP contribution in [0.3, 0.4) is 0 Å². The van der Waals surface area contributed by atoms with E-state index in [0.29, 0.717) is 0 Å². The Labute approximate surface area is 142 Å². The highest BCUT2D eigenvalue weighted by molar-refractivity contribution is 5.83. The number of hydrogen-bond donors (Lipinski definition) is 0. The minimum Gasteiger partial charge on any atom is -0.229 e. The third-order valence-corrected chi connectivity index (χ3v) is 4.84. The largest absolute Gasteiger partial charge is 0.229 e. The van der Waals surface area contributed by atoms with Gasteiger partial charge in [0.1, 0.15) is 0 Å². The standard InChI is InChI=1S/C21H21N3/c1-4-19-15(3)13-22-24(19)20-10-6-9-18(23-20)17-8-5-7-16-12-11-14(2)21(16)17/h5-10,13H,2,4,11-12H2,1,3H3. The number of allylic oxidation sites excluding steroid dienone is 1. The van der Waals surface area contributed by atoms with Gasteiger partial charge >= 0.3 is 0 Å². The Hall–Kier alpha value is -2.68. The SMILES string of the molecule is C=C1CCc2cccc(-c3cccc(-n4ncc(C)c4CC)n3)c21. The molecule has 1 aliphatic carbocycles. The van der Waals surface area contributed by atoms with Crippen LogP contribution in [0.25, 0.3) is 22.6 Å². The van der Waals surface area contributed by atoms with Crippen molar-refractivity contribution in [1.29, 1.82) is 0 Å². The summed E-state index contributed by atoms with van der Waals surface area (Å²) in [5.41, 5.74) is 8.47. The van der Waals surface area contributed by atoms with Gasteiger partial charge in [-0.05, 0) is 60.6 Å². The lowest BCUT2D eigenvalue weighted by Gasteiger charge is -2.11. The minimum absolute atomic E-state index is 0.874. The summed E-state index contributed by atoms with van der Waals surface area (Å²) in [5, 5.41) is 4.52. The zero-order valence-corrected chi connectivity index (χ0v) is 14.2. The maximum Gasteiger partial charge on any atom is 0.154 e. The summed E-state index contributed by atoms with van der Waals surface area (Å²) in [5.74, 6) is 0.874. The highest BCUT2D eigenvalue weighted by Crippen LogP contribution is 2.38. The van der Waals surface area contributed by atoms with Crippen molar-refractivity contribution in [2.24, 2.45) is 0 Å². The Balaban J connectivity index is 1.85. The van der Waals surface area contributed by atoms with Crippen LogP contribution >= 0.6 is 0 Å². The van der Waals surface area contributed by atoms with E-state index in [2.05, 4.69) is 55.9 Å². The fourth-order valence-electron chi connectivity index (χ4n) is 3.62. The van der Waals surface area contributed by atoms with Crippen LogP contribution in [0.15, 0.2) is 49.2 Å². The van der Waals surface area contributed by atoms with Crippen molar-refractivity contribution in [2.45, 2.75) is 33.1 Å². The van der Waals surface area contributed by atoms with E-state index in [1.807, 2.05) is 16.9 Å². The van der Waals surface area contributed by atoms with Crippen LogP contribution in [0.5, 0.6) is 0 Å². The second-order valence-electron chi connectivity index (χ2n) is 6.36. The van der Waals surface area contributed by atoms with Crippen LogP contribution in [-0.2, 0) is 12.8 Å². The van der Waals surface area contributed by atoms with Crippen LogP contribution in [0.1, 0.15) is 35.7 Å². The maximum absolute atomic E-state index is 4.91. The smallest absolute Gasteiger partial charge is 0.154 e. The molecule has 3 nitrogen and oxygen atoms in total. The number of hydrogen-bond acceptors (Lipinski definition) is 2. The third-order valence-electron chi connectivity index (χ3n) is 4.84. The summed E-state index contributed by atoms with van der Waals surface area (Å²) < 4.78 is 1.96. The Morgan fingerprint density at radius 3 is 2.79 bits per heavy atom. The van der Waals surface area contributed by atoms with Gasteiger partial charge in [0, 0.05) is 11.3 Å². The zero-order chi connectivity index (χ0) is 16.7. The zero-order valence-electron chi connectivity index (χ0n) is 14.2. The number of fused-ring (bicyclic) bond motifs is 1. The van der Waals surface area contributed by atoms with Gasteiger partial charge in [-0.15, -0.1) is 0 Å². The van der Waals surface area contributed by atoms with Crippen LogP contribution < -0.4 is 0 Å². The number of pyridine rings is 1. The quantitative estimate of drug-likeness (QED) is 0.697. The number of rotatable bonds is 3. The van der Waals surface area contributed by atoms with E-state index in [-0.39, 0.29) is 0 Å². The molecule has 4 rings (SSSR count). The van der Waals surface area contributed by atoms with Gasteiger partial charge in [-0.3, -0.25) is 0 Å². The average Bonchev–Trinajstić information content (AvgIpc) is 3.18. The summed E-state index contributed by atoms with van der Waals surface area (Å²) in [7, 11) is 0. The Bertz CT molecular complexity index is 934. The van der Waals surface area contributed by atoms with Gasteiger partial charge in [0.05, 0.1) is 11.9 Å². The van der Waals surface area contributed by atoms with Gasteiger partial charge in [0.25, 0.3) is 0 Å². The molecule has 3 heteroatoms. The molecule has 1 aliphatic rings. The van der Waals surface area contributed by atoms with Crippen LogP contribution in [0, 0.1) is 6.92 Å². The molecule has 2 aromatic heterocycles. The van der Waals surface area contributed by atoms with E-state index in [9.17, 15) is 0 Å². The molecule has 0 aliphatic heterocycles. The number of benzene rings is 1. The molecular formula is C21H21N3. The fourth-order valence-corrected chi connectivity index (χ4v) is 3.62. The molecule has 120 valence electrons. The molecule has 0 spiro atoms. The maximum atomic E-state index is 4.91. The third kappa shape index (κ3) is 2.28. The van der Waals surface area contributed by atoms with Crippen molar-refractivity contribution in [2.75, 3.05) is 0 Å². The highest BCUT2D eigenvalue weighted by Gasteiger charge is 2.19. The predicted molar refractivity (Wildman–Crippen MR) is 98.3 cm³/mol. The van der Waals surface area contributed by atoms with Crippen LogP contribution in [-0.4, -0.2) is 14.8 Å². The first-order chi connectivity index (χ1) is 11.7. The van der Waals surface area contributed by atoms with Gasteiger partial charge in [-0.25, -0.2) is 9.67 Å². The van der Waals surface area contributed by atoms with E-state index >= 15 is 0 Å². The van der Waals surface area contributed by atoms with E-state index in [0.717, 1.165) is 30.8 Å². The topological polar surface area (TPSA) is 30.7 Å². The van der Waals surface area contributed by atoms with E-state index in [4.69, 9.17) is 4.98 Å². The number of aromatic nitrogens is 3. The van der Waals surface area contributed by atoms with Gasteiger partial charge in [-0.1, -0.05) is 37.8 Å². The lowest BCUT2D eigenvalue weighted by Crippen LogP contribution is -2.05. The van der Waals surface area contributed by atoms with E-state index in [1.54, 1.807) is 0 Å². The Morgan fingerprint density at radius 1 is 1.12 bits per heavy atom. The average molecular weight is 315 g/mol. The van der Waals surface area contributed by atoms with Gasteiger partial charge in [0.15, 0.2) is 5.82 Å². The number of nitrogens with zero attached hydrogens (tertiary/aromatic N) is 3. The molecule has 0 atom stereocenters. The van der Waals surface area contributed by atoms with Gasteiger partial charge in [-0.2, -0.15) is 5.10 Å². The second kappa shape index (κ2) is 5.75. The fraction of sp³-hybridized carbons (Fsp3) is 0.238. The van der Waals surface area contributed by atoms with E-state index in [1.165, 1.54) is 33.5 Å².